The molecular weight excluding hydrogens is 238 g/mol. The summed E-state index contributed by atoms with van der Waals surface area (Å²) in [6.07, 6.45) is 0. The Bertz CT molecular complexity index is 447. The van der Waals surface area contributed by atoms with E-state index < -0.39 is 0 Å². The Morgan fingerprint density at radius 1 is 1.32 bits per heavy atom. The fraction of sp³-hybridized carbons (Fsp3) is 0.533. The van der Waals surface area contributed by atoms with Gasteiger partial charge in [0.25, 0.3) is 0 Å². The summed E-state index contributed by atoms with van der Waals surface area (Å²) in [5.41, 5.74) is 2.30. The van der Waals surface area contributed by atoms with E-state index in [2.05, 4.69) is 48.5 Å². The van der Waals surface area contributed by atoms with E-state index >= 15 is 0 Å². The van der Waals surface area contributed by atoms with E-state index in [-0.39, 0.29) is 5.54 Å². The van der Waals surface area contributed by atoms with Gasteiger partial charge in [-0.05, 0) is 44.9 Å². The standard InChI is InChI=1S/C15H25N3O/c1-11-7-8-12(9-13(11)19-6)10-17-14(16-5)18-15(2,3)4/h7-9H,10H2,1-6H3,(H2,16,17,18). The Balaban J connectivity index is 2.65. The molecule has 0 atom stereocenters. The van der Waals surface area contributed by atoms with Gasteiger partial charge in [0.1, 0.15) is 5.75 Å². The summed E-state index contributed by atoms with van der Waals surface area (Å²) in [5, 5.41) is 6.62. The summed E-state index contributed by atoms with van der Waals surface area (Å²) >= 11 is 0. The summed E-state index contributed by atoms with van der Waals surface area (Å²) in [6, 6.07) is 6.21. The minimum atomic E-state index is -0.00713. The van der Waals surface area contributed by atoms with Crippen molar-refractivity contribution in [2.45, 2.75) is 39.8 Å². The first-order chi connectivity index (χ1) is 8.85. The Kier molecular flexibility index (Phi) is 5.21. The highest BCUT2D eigenvalue weighted by molar-refractivity contribution is 5.80. The molecule has 0 saturated carbocycles. The smallest absolute Gasteiger partial charge is 0.191 e. The molecule has 1 aromatic carbocycles. The SMILES string of the molecule is CN=C(NCc1ccc(C)c(OC)c1)NC(C)(C)C. The zero-order valence-electron chi connectivity index (χ0n) is 12.8. The molecule has 0 aliphatic heterocycles. The van der Waals surface area contributed by atoms with Gasteiger partial charge in [0.15, 0.2) is 5.96 Å². The van der Waals surface area contributed by atoms with Gasteiger partial charge < -0.3 is 15.4 Å². The number of hydrogen-bond donors (Lipinski definition) is 2. The predicted molar refractivity (Wildman–Crippen MR) is 80.8 cm³/mol. The van der Waals surface area contributed by atoms with Crippen molar-refractivity contribution in [2.24, 2.45) is 4.99 Å². The molecule has 1 rings (SSSR count). The molecular formula is C15H25N3O. The maximum Gasteiger partial charge on any atom is 0.191 e. The van der Waals surface area contributed by atoms with Crippen LogP contribution in [-0.2, 0) is 6.54 Å². The van der Waals surface area contributed by atoms with Gasteiger partial charge in [0, 0.05) is 19.1 Å². The van der Waals surface area contributed by atoms with Crippen LogP contribution in [0.1, 0.15) is 31.9 Å². The molecule has 0 aliphatic rings. The Morgan fingerprint density at radius 2 is 2.00 bits per heavy atom. The quantitative estimate of drug-likeness (QED) is 0.650. The molecule has 0 aromatic heterocycles. The Hall–Kier alpha value is -1.71. The van der Waals surface area contributed by atoms with Crippen molar-refractivity contribution in [3.05, 3.63) is 29.3 Å². The van der Waals surface area contributed by atoms with E-state index in [9.17, 15) is 0 Å². The lowest BCUT2D eigenvalue weighted by Crippen LogP contribution is -2.47. The second-order valence-corrected chi connectivity index (χ2v) is 5.60. The minimum absolute atomic E-state index is 0.00713. The molecule has 0 radical (unpaired) electrons. The van der Waals surface area contributed by atoms with Crippen molar-refractivity contribution in [1.29, 1.82) is 0 Å². The largest absolute Gasteiger partial charge is 0.496 e. The third-order valence-electron chi connectivity index (χ3n) is 2.65. The summed E-state index contributed by atoms with van der Waals surface area (Å²) < 4.78 is 5.33. The molecule has 0 spiro atoms. The average Bonchev–Trinajstić information content (AvgIpc) is 2.34. The molecule has 0 heterocycles. The van der Waals surface area contributed by atoms with Crippen LogP contribution in [-0.4, -0.2) is 25.7 Å². The summed E-state index contributed by atoms with van der Waals surface area (Å²) in [5.74, 6) is 1.71. The van der Waals surface area contributed by atoms with Gasteiger partial charge in [0.05, 0.1) is 7.11 Å². The number of ether oxygens (including phenoxy) is 1. The lowest BCUT2D eigenvalue weighted by molar-refractivity contribution is 0.411. The number of benzene rings is 1. The van der Waals surface area contributed by atoms with E-state index in [0.717, 1.165) is 17.3 Å². The zero-order valence-corrected chi connectivity index (χ0v) is 12.8. The molecule has 0 fully saturated rings. The van der Waals surface area contributed by atoms with Crippen molar-refractivity contribution in [3.63, 3.8) is 0 Å². The van der Waals surface area contributed by atoms with Gasteiger partial charge in [-0.2, -0.15) is 0 Å². The van der Waals surface area contributed by atoms with Crippen molar-refractivity contribution in [2.75, 3.05) is 14.2 Å². The summed E-state index contributed by atoms with van der Waals surface area (Å²) in [7, 11) is 3.47. The van der Waals surface area contributed by atoms with E-state index in [1.807, 2.05) is 13.0 Å². The number of methoxy groups -OCH3 is 1. The number of aryl methyl sites for hydroxylation is 1. The van der Waals surface area contributed by atoms with Crippen LogP contribution in [0, 0.1) is 6.92 Å². The first kappa shape index (κ1) is 15.3. The van der Waals surface area contributed by atoms with E-state index in [0.29, 0.717) is 6.54 Å². The second kappa shape index (κ2) is 6.45. The molecule has 2 N–H and O–H groups in total. The highest BCUT2D eigenvalue weighted by atomic mass is 16.5. The number of rotatable bonds is 3. The predicted octanol–water partition coefficient (Wildman–Crippen LogP) is 2.47. The maximum absolute atomic E-state index is 5.33. The second-order valence-electron chi connectivity index (χ2n) is 5.60. The summed E-state index contributed by atoms with van der Waals surface area (Å²) in [4.78, 5) is 4.21. The molecule has 106 valence electrons. The number of guanidine groups is 1. The molecule has 0 unspecified atom stereocenters. The van der Waals surface area contributed by atoms with Crippen LogP contribution in [0.25, 0.3) is 0 Å². The average molecular weight is 263 g/mol. The monoisotopic (exact) mass is 263 g/mol. The van der Waals surface area contributed by atoms with Gasteiger partial charge in [0.2, 0.25) is 0 Å². The van der Waals surface area contributed by atoms with Crippen LogP contribution in [0.15, 0.2) is 23.2 Å². The Labute approximate surface area is 116 Å². The zero-order chi connectivity index (χ0) is 14.5. The number of nitrogens with zero attached hydrogens (tertiary/aromatic N) is 1. The van der Waals surface area contributed by atoms with Crippen molar-refractivity contribution in [3.8, 4) is 5.75 Å². The van der Waals surface area contributed by atoms with Crippen LogP contribution in [0.2, 0.25) is 0 Å². The Morgan fingerprint density at radius 3 is 2.53 bits per heavy atom. The van der Waals surface area contributed by atoms with Crippen LogP contribution >= 0.6 is 0 Å². The first-order valence-corrected chi connectivity index (χ1v) is 6.48. The maximum atomic E-state index is 5.33. The van der Waals surface area contributed by atoms with Crippen LogP contribution < -0.4 is 15.4 Å². The highest BCUT2D eigenvalue weighted by Crippen LogP contribution is 2.18. The van der Waals surface area contributed by atoms with Gasteiger partial charge in [-0.1, -0.05) is 12.1 Å². The van der Waals surface area contributed by atoms with Gasteiger partial charge >= 0.3 is 0 Å². The fourth-order valence-corrected chi connectivity index (χ4v) is 1.69. The molecule has 0 saturated heterocycles. The van der Waals surface area contributed by atoms with E-state index in [1.165, 1.54) is 5.56 Å². The fourth-order valence-electron chi connectivity index (χ4n) is 1.69. The van der Waals surface area contributed by atoms with E-state index in [1.54, 1.807) is 14.2 Å². The molecule has 0 aliphatic carbocycles. The molecule has 0 amide bonds. The lowest BCUT2D eigenvalue weighted by atomic mass is 10.1. The third kappa shape index (κ3) is 5.20. The molecule has 4 heteroatoms. The van der Waals surface area contributed by atoms with Crippen LogP contribution in [0.5, 0.6) is 5.75 Å². The lowest BCUT2D eigenvalue weighted by Gasteiger charge is -2.23. The molecule has 1 aromatic rings. The first-order valence-electron chi connectivity index (χ1n) is 6.48. The van der Waals surface area contributed by atoms with Gasteiger partial charge in [-0.3, -0.25) is 4.99 Å². The normalized spacial score (nSPS) is 12.2. The van der Waals surface area contributed by atoms with Crippen LogP contribution in [0.3, 0.4) is 0 Å². The van der Waals surface area contributed by atoms with E-state index in [4.69, 9.17) is 4.74 Å². The summed E-state index contributed by atoms with van der Waals surface area (Å²) in [6.45, 7) is 9.07. The molecule has 4 nitrogen and oxygen atoms in total. The number of nitrogens with one attached hydrogen (secondary N) is 2. The van der Waals surface area contributed by atoms with Crippen molar-refractivity contribution < 1.29 is 4.74 Å². The third-order valence-corrected chi connectivity index (χ3v) is 2.65. The number of hydrogen-bond acceptors (Lipinski definition) is 2. The van der Waals surface area contributed by atoms with Gasteiger partial charge in [-0.25, -0.2) is 0 Å². The van der Waals surface area contributed by atoms with Gasteiger partial charge in [-0.15, -0.1) is 0 Å². The molecule has 0 bridgehead atoms. The van der Waals surface area contributed by atoms with Crippen molar-refractivity contribution in [1.82, 2.24) is 10.6 Å². The topological polar surface area (TPSA) is 45.7 Å². The number of aliphatic imine (C=N–C) groups is 1. The highest BCUT2D eigenvalue weighted by Gasteiger charge is 2.11. The van der Waals surface area contributed by atoms with Crippen molar-refractivity contribution >= 4 is 5.96 Å². The molecule has 19 heavy (non-hydrogen) atoms. The minimum Gasteiger partial charge on any atom is -0.496 e. The van der Waals surface area contributed by atoms with Crippen LogP contribution in [0.4, 0.5) is 0 Å².